The normalized spacial score (nSPS) is 10.1. The number of nitrogens with one attached hydrogen (secondary N) is 2. The van der Waals surface area contributed by atoms with E-state index in [1.54, 1.807) is 0 Å². The van der Waals surface area contributed by atoms with E-state index in [0.717, 1.165) is 24.7 Å². The Balaban J connectivity index is 2.73. The number of amides is 1. The quantitative estimate of drug-likeness (QED) is 0.460. The van der Waals surface area contributed by atoms with Crippen LogP contribution in [-0.2, 0) is 4.79 Å². The van der Waals surface area contributed by atoms with E-state index >= 15 is 0 Å². The van der Waals surface area contributed by atoms with Crippen LogP contribution in [0.5, 0.6) is 0 Å². The first-order valence-electron chi connectivity index (χ1n) is 5.49. The van der Waals surface area contributed by atoms with Crippen molar-refractivity contribution in [3.8, 4) is 0 Å². The molecule has 0 radical (unpaired) electrons. The minimum atomic E-state index is -0.667. The number of nitro groups is 1. The van der Waals surface area contributed by atoms with Crippen LogP contribution < -0.4 is 10.6 Å². The molecule has 0 saturated heterocycles. The van der Waals surface area contributed by atoms with Gasteiger partial charge in [-0.25, -0.2) is 4.39 Å². The van der Waals surface area contributed by atoms with Gasteiger partial charge < -0.3 is 10.6 Å². The zero-order valence-electron chi connectivity index (χ0n) is 9.90. The molecule has 6 nitrogen and oxygen atoms in total. The maximum absolute atomic E-state index is 13.0. The van der Waals surface area contributed by atoms with E-state index in [1.807, 2.05) is 6.92 Å². The third-order valence-corrected chi connectivity index (χ3v) is 2.21. The van der Waals surface area contributed by atoms with E-state index in [4.69, 9.17) is 0 Å². The highest BCUT2D eigenvalue weighted by molar-refractivity contribution is 5.93. The number of anilines is 1. The average Bonchev–Trinajstić information content (AvgIpc) is 2.29. The molecule has 0 fully saturated rings. The molecule has 0 saturated carbocycles. The number of nitro benzene ring substituents is 1. The first kappa shape index (κ1) is 14.0. The fourth-order valence-corrected chi connectivity index (χ4v) is 1.36. The number of carbonyl (C=O) groups excluding carboxylic acids is 1. The summed E-state index contributed by atoms with van der Waals surface area (Å²) in [6.45, 7) is 3.09. The van der Waals surface area contributed by atoms with Gasteiger partial charge in [0.1, 0.15) is 11.5 Å². The number of hydrogen-bond acceptors (Lipinski definition) is 4. The van der Waals surface area contributed by atoms with Crippen LogP contribution in [0.15, 0.2) is 18.2 Å². The highest BCUT2D eigenvalue weighted by Gasteiger charge is 2.16. The minimum Gasteiger partial charge on any atom is -0.320 e. The fourth-order valence-electron chi connectivity index (χ4n) is 1.36. The Hall–Kier alpha value is -2.02. The summed E-state index contributed by atoms with van der Waals surface area (Å²) in [7, 11) is 0. The van der Waals surface area contributed by atoms with Gasteiger partial charge in [0.2, 0.25) is 5.91 Å². The molecule has 0 spiro atoms. The monoisotopic (exact) mass is 255 g/mol. The minimum absolute atomic E-state index is 0.124. The van der Waals surface area contributed by atoms with Gasteiger partial charge in [0.05, 0.1) is 4.92 Å². The van der Waals surface area contributed by atoms with E-state index in [-0.39, 0.29) is 17.8 Å². The maximum Gasteiger partial charge on any atom is 0.292 e. The Labute approximate surface area is 103 Å². The van der Waals surface area contributed by atoms with E-state index in [9.17, 15) is 19.3 Å². The van der Waals surface area contributed by atoms with Gasteiger partial charge in [-0.3, -0.25) is 14.9 Å². The van der Waals surface area contributed by atoms with Crippen molar-refractivity contribution in [1.29, 1.82) is 0 Å². The smallest absolute Gasteiger partial charge is 0.292 e. The molecule has 0 aliphatic heterocycles. The molecule has 0 heterocycles. The summed E-state index contributed by atoms with van der Waals surface area (Å²) in [5, 5.41) is 16.0. The van der Waals surface area contributed by atoms with Crippen LogP contribution >= 0.6 is 0 Å². The van der Waals surface area contributed by atoms with Crippen LogP contribution in [0.4, 0.5) is 15.8 Å². The summed E-state index contributed by atoms with van der Waals surface area (Å²) in [4.78, 5) is 21.5. The van der Waals surface area contributed by atoms with Gasteiger partial charge in [0.15, 0.2) is 0 Å². The van der Waals surface area contributed by atoms with Gasteiger partial charge in [-0.05, 0) is 12.6 Å². The summed E-state index contributed by atoms with van der Waals surface area (Å²) in [5.41, 5.74) is -0.449. The second-order valence-corrected chi connectivity index (χ2v) is 3.57. The summed E-state index contributed by atoms with van der Waals surface area (Å²) >= 11 is 0. The lowest BCUT2D eigenvalue weighted by Gasteiger charge is -2.06. The largest absolute Gasteiger partial charge is 0.320 e. The molecule has 0 atom stereocenters. The van der Waals surface area contributed by atoms with Crippen LogP contribution in [0.2, 0.25) is 0 Å². The van der Waals surface area contributed by atoms with Gasteiger partial charge in [0, 0.05) is 25.1 Å². The van der Waals surface area contributed by atoms with Crippen LogP contribution in [0.3, 0.4) is 0 Å². The first-order chi connectivity index (χ1) is 8.54. The highest BCUT2D eigenvalue weighted by atomic mass is 19.1. The SMILES string of the molecule is CCNCCC(=O)Nc1cc(F)ccc1[N+](=O)[O-]. The molecule has 1 amide bonds. The number of carbonyl (C=O) groups is 1. The van der Waals surface area contributed by atoms with Crippen molar-refractivity contribution >= 4 is 17.3 Å². The predicted molar refractivity (Wildman–Crippen MR) is 64.8 cm³/mol. The first-order valence-corrected chi connectivity index (χ1v) is 5.49. The number of halogens is 1. The number of rotatable bonds is 6. The van der Waals surface area contributed by atoms with Crippen molar-refractivity contribution in [3.05, 3.63) is 34.1 Å². The molecule has 18 heavy (non-hydrogen) atoms. The van der Waals surface area contributed by atoms with Gasteiger partial charge in [-0.2, -0.15) is 0 Å². The lowest BCUT2D eigenvalue weighted by Crippen LogP contribution is -2.21. The molecule has 0 unspecified atom stereocenters. The van der Waals surface area contributed by atoms with Crippen molar-refractivity contribution in [3.63, 3.8) is 0 Å². The van der Waals surface area contributed by atoms with E-state index in [0.29, 0.717) is 6.54 Å². The Bertz CT molecular complexity index is 451. The molecular weight excluding hydrogens is 241 g/mol. The Kier molecular flexibility index (Phi) is 5.19. The van der Waals surface area contributed by atoms with Gasteiger partial charge in [-0.15, -0.1) is 0 Å². The summed E-state index contributed by atoms with van der Waals surface area (Å²) in [6, 6.07) is 2.94. The van der Waals surface area contributed by atoms with Crippen molar-refractivity contribution in [2.24, 2.45) is 0 Å². The van der Waals surface area contributed by atoms with Gasteiger partial charge >= 0.3 is 0 Å². The number of benzene rings is 1. The second kappa shape index (κ2) is 6.65. The zero-order chi connectivity index (χ0) is 13.5. The molecule has 1 aromatic carbocycles. The third kappa shape index (κ3) is 4.10. The molecule has 98 valence electrons. The van der Waals surface area contributed by atoms with Crippen molar-refractivity contribution in [1.82, 2.24) is 5.32 Å². The standard InChI is InChI=1S/C11H14FN3O3/c1-2-13-6-5-11(16)14-9-7-8(12)3-4-10(9)15(17)18/h3-4,7,13H,2,5-6H2,1H3,(H,14,16). The van der Waals surface area contributed by atoms with Crippen LogP contribution in [-0.4, -0.2) is 23.9 Å². The zero-order valence-corrected chi connectivity index (χ0v) is 9.90. The lowest BCUT2D eigenvalue weighted by molar-refractivity contribution is -0.384. The van der Waals surface area contributed by atoms with Crippen LogP contribution in [0.1, 0.15) is 13.3 Å². The molecule has 0 aliphatic rings. The summed E-state index contributed by atoms with van der Waals surface area (Å²) in [5.74, 6) is -1.03. The van der Waals surface area contributed by atoms with Crippen molar-refractivity contribution in [2.75, 3.05) is 18.4 Å². The number of nitrogens with zero attached hydrogens (tertiary/aromatic N) is 1. The van der Waals surface area contributed by atoms with Crippen molar-refractivity contribution < 1.29 is 14.1 Å². The molecule has 0 bridgehead atoms. The average molecular weight is 255 g/mol. The third-order valence-electron chi connectivity index (χ3n) is 2.21. The van der Waals surface area contributed by atoms with Crippen molar-refractivity contribution in [2.45, 2.75) is 13.3 Å². The van der Waals surface area contributed by atoms with E-state index in [2.05, 4.69) is 10.6 Å². The van der Waals surface area contributed by atoms with E-state index < -0.39 is 16.6 Å². The molecule has 2 N–H and O–H groups in total. The van der Waals surface area contributed by atoms with Crippen LogP contribution in [0.25, 0.3) is 0 Å². The molecule has 1 rings (SSSR count). The Morgan fingerprint density at radius 2 is 2.22 bits per heavy atom. The molecule has 1 aromatic rings. The Morgan fingerprint density at radius 1 is 1.50 bits per heavy atom. The maximum atomic E-state index is 13.0. The van der Waals surface area contributed by atoms with Gasteiger partial charge in [0.25, 0.3) is 5.69 Å². The molecule has 0 aromatic heterocycles. The molecular formula is C11H14FN3O3. The fraction of sp³-hybridized carbons (Fsp3) is 0.364. The Morgan fingerprint density at radius 3 is 2.83 bits per heavy atom. The summed E-state index contributed by atoms with van der Waals surface area (Å²) < 4.78 is 13.0. The second-order valence-electron chi connectivity index (χ2n) is 3.57. The molecule has 0 aliphatic carbocycles. The summed E-state index contributed by atoms with van der Waals surface area (Å²) in [6.07, 6.45) is 0.168. The topological polar surface area (TPSA) is 84.3 Å². The van der Waals surface area contributed by atoms with Crippen LogP contribution in [0, 0.1) is 15.9 Å². The molecule has 7 heteroatoms. The number of hydrogen-bond donors (Lipinski definition) is 2. The highest BCUT2D eigenvalue weighted by Crippen LogP contribution is 2.24. The van der Waals surface area contributed by atoms with E-state index in [1.165, 1.54) is 0 Å². The van der Waals surface area contributed by atoms with Gasteiger partial charge in [-0.1, -0.05) is 6.92 Å². The lowest BCUT2D eigenvalue weighted by atomic mass is 10.2. The predicted octanol–water partition coefficient (Wildman–Crippen LogP) is 1.67.